The predicted octanol–water partition coefficient (Wildman–Crippen LogP) is -2.83. The van der Waals surface area contributed by atoms with Crippen molar-refractivity contribution in [3.8, 4) is 0 Å². The van der Waals surface area contributed by atoms with Crippen LogP contribution in [0.2, 0.25) is 0 Å². The maximum Gasteiger partial charge on any atom is 2.00 e. The molecule has 0 aromatic heterocycles. The van der Waals surface area contributed by atoms with E-state index in [0.717, 1.165) is 0 Å². The Bertz CT molecular complexity index is 57.8. The van der Waals surface area contributed by atoms with E-state index in [4.69, 9.17) is 19.2 Å². The molecule has 0 aliphatic rings. The zero-order valence-electron chi connectivity index (χ0n) is 2.74. The summed E-state index contributed by atoms with van der Waals surface area (Å²) in [5, 5.41) is 0. The molecule has 0 heterocycles. The Hall–Kier alpha value is 1.15. The summed E-state index contributed by atoms with van der Waals surface area (Å²) in [4.78, 5) is 25.6. The first-order valence-corrected chi connectivity index (χ1v) is 2.19. The van der Waals surface area contributed by atoms with Crippen molar-refractivity contribution in [1.82, 2.24) is 0 Å². The van der Waals surface area contributed by atoms with E-state index >= 15 is 0 Å². The van der Waals surface area contributed by atoms with Gasteiger partial charge in [-0.15, -0.1) is 0 Å². The molecule has 0 bridgehead atoms. The molecule has 0 spiro atoms. The summed E-state index contributed by atoms with van der Waals surface area (Å²) in [6.45, 7) is 0. The van der Waals surface area contributed by atoms with E-state index in [1.165, 1.54) is 0 Å². The maximum absolute atomic E-state index is 8.55. The number of hydrogen-bond acceptors (Lipinski definition) is 4. The second-order valence-corrected chi connectivity index (χ2v) is 1.34. The first-order chi connectivity index (χ1) is 2.00. The van der Waals surface area contributed by atoms with Crippen LogP contribution >= 0.6 is 7.82 Å². The minimum atomic E-state index is -5.39. The summed E-state index contributed by atoms with van der Waals surface area (Å²) in [6, 6.07) is 0. The molecule has 0 rings (SSSR count). The second kappa shape index (κ2) is 5.29. The molecule has 7 heavy (non-hydrogen) atoms. The first kappa shape index (κ1) is 15.7. The van der Waals surface area contributed by atoms with Crippen molar-refractivity contribution >= 4 is 7.82 Å². The summed E-state index contributed by atoms with van der Waals surface area (Å²) in [5.41, 5.74) is 0. The van der Waals surface area contributed by atoms with Crippen LogP contribution in [0, 0.1) is 0 Å². The van der Waals surface area contributed by atoms with E-state index in [1.807, 2.05) is 0 Å². The van der Waals surface area contributed by atoms with Crippen LogP contribution in [-0.2, 0) is 38.7 Å². The molecule has 0 atom stereocenters. The van der Waals surface area contributed by atoms with Gasteiger partial charge in [-0.3, -0.25) is 0 Å². The first-order valence-electron chi connectivity index (χ1n) is 0.730. The van der Waals surface area contributed by atoms with Crippen LogP contribution in [0.5, 0.6) is 0 Å². The molecule has 0 aliphatic carbocycles. The number of rotatable bonds is 0. The molecule has 4 nitrogen and oxygen atoms in total. The second-order valence-electron chi connectivity index (χ2n) is 0.447. The summed E-state index contributed by atoms with van der Waals surface area (Å²) >= 11 is 0. The Balaban J connectivity index is -0.0000000800. The van der Waals surface area contributed by atoms with Crippen molar-refractivity contribution in [3.05, 3.63) is 0 Å². The average Bonchev–Trinajstić information content (AvgIpc) is 0.722. The number of hydrogen-bond donors (Lipinski definition) is 0. The molecule has 7 heteroatoms. The zero-order chi connectivity index (χ0) is 4.50. The summed E-state index contributed by atoms with van der Waals surface area (Å²) < 4.78 is 8.55. The third-order valence-corrected chi connectivity index (χ3v) is 0. The van der Waals surface area contributed by atoms with Gasteiger partial charge in [0.15, 0.2) is 0 Å². The molecule has 47 valence electrons. The smallest absolute Gasteiger partial charge is 0.822 e. The Morgan fingerprint density at radius 3 is 1.14 bits per heavy atom. The Morgan fingerprint density at radius 2 is 1.14 bits per heavy atom. The fraction of sp³-hybridized carbons (Fsp3) is 0. The van der Waals surface area contributed by atoms with E-state index in [1.54, 1.807) is 0 Å². The fourth-order valence-corrected chi connectivity index (χ4v) is 0. The van der Waals surface area contributed by atoms with Gasteiger partial charge < -0.3 is 19.2 Å². The third kappa shape index (κ3) is 144. The van der Waals surface area contributed by atoms with Gasteiger partial charge in [0.2, 0.25) is 0 Å². The topological polar surface area (TPSA) is 86.2 Å². The van der Waals surface area contributed by atoms with Gasteiger partial charge in [-0.2, -0.15) is 7.82 Å². The zero-order valence-corrected chi connectivity index (χ0v) is 5.68. The summed E-state index contributed by atoms with van der Waals surface area (Å²) in [6.07, 6.45) is 0. The molecular weight excluding hydrogens is 214 g/mol. The van der Waals surface area contributed by atoms with Crippen molar-refractivity contribution in [2.45, 2.75) is 0 Å². The Morgan fingerprint density at radius 1 is 1.14 bits per heavy atom. The normalized spacial score (nSPS) is 8.43. The summed E-state index contributed by atoms with van der Waals surface area (Å²) in [7, 11) is -5.39. The molecule has 0 fully saturated rings. The largest absolute Gasteiger partial charge is 2.00 e. The van der Waals surface area contributed by atoms with Gasteiger partial charge >= 0.3 is 34.1 Å². The molecule has 0 saturated carbocycles. The molecule has 0 N–H and O–H groups in total. The van der Waals surface area contributed by atoms with Crippen LogP contribution in [0.4, 0.5) is 0 Å². The summed E-state index contributed by atoms with van der Waals surface area (Å²) in [5.74, 6) is 0. The fourth-order valence-electron chi connectivity index (χ4n) is 0. The third-order valence-electron chi connectivity index (χ3n) is 0. The van der Waals surface area contributed by atoms with Gasteiger partial charge in [0.1, 0.15) is 0 Å². The van der Waals surface area contributed by atoms with E-state index < -0.39 is 7.82 Å². The van der Waals surface area contributed by atoms with Crippen molar-refractivity contribution in [2.75, 3.05) is 0 Å². The van der Waals surface area contributed by atoms with Crippen molar-refractivity contribution in [2.24, 2.45) is 0 Å². The molecule has 0 unspecified atom stereocenters. The monoisotopic (exact) mass is 214 g/mol. The van der Waals surface area contributed by atoms with Gasteiger partial charge in [-0.05, 0) is 0 Å². The Kier molecular flexibility index (Phi) is 11.9. The van der Waals surface area contributed by atoms with E-state index in [9.17, 15) is 0 Å². The Labute approximate surface area is 61.5 Å². The van der Waals surface area contributed by atoms with Gasteiger partial charge in [0.25, 0.3) is 0 Å². The van der Waals surface area contributed by atoms with Gasteiger partial charge in [-0.25, -0.2) is 0 Å². The van der Waals surface area contributed by atoms with Crippen molar-refractivity contribution in [1.29, 1.82) is 0 Å². The average molecular weight is 214 g/mol. The van der Waals surface area contributed by atoms with Crippen molar-refractivity contribution < 1.29 is 53.4 Å². The molecule has 0 amide bonds. The van der Waals surface area contributed by atoms with Crippen LogP contribution in [-0.4, -0.2) is 0 Å². The van der Waals surface area contributed by atoms with Crippen LogP contribution in [0.15, 0.2) is 0 Å². The van der Waals surface area contributed by atoms with Gasteiger partial charge in [0.05, 0.1) is 0 Å². The minimum absolute atomic E-state index is 0. The molecule has 0 aromatic rings. The molecule has 1 radical (unpaired) electrons. The molecule has 0 aromatic carbocycles. The van der Waals surface area contributed by atoms with Gasteiger partial charge in [-0.1, -0.05) is 0 Å². The molecule has 0 saturated heterocycles. The van der Waals surface area contributed by atoms with Crippen LogP contribution < -0.4 is 14.7 Å². The standard InChI is InChI=1S/Cu.Fe.H3O4P/c;;1-5(2,3)4/h;;(H3,1,2,3,4)/q2*+2;/p-3. The maximum atomic E-state index is 8.55. The van der Waals surface area contributed by atoms with Gasteiger partial charge in [0, 0.05) is 0 Å². The number of phosphoric acid groups is 1. The minimum Gasteiger partial charge on any atom is -0.822 e. The van der Waals surface area contributed by atoms with E-state index in [0.29, 0.717) is 0 Å². The quantitative estimate of drug-likeness (QED) is 0.321. The van der Waals surface area contributed by atoms with E-state index in [-0.39, 0.29) is 34.1 Å². The van der Waals surface area contributed by atoms with Crippen molar-refractivity contribution in [3.63, 3.8) is 0 Å². The molecule has 0 aliphatic heterocycles. The van der Waals surface area contributed by atoms with Crippen LogP contribution in [0.1, 0.15) is 0 Å². The predicted molar refractivity (Wildman–Crippen MR) is 7.61 cm³/mol. The SMILES string of the molecule is O=P([O-])([O-])[O-].[Cu+2].[Fe+2]. The molecular formula is CuFeO4P+. The van der Waals surface area contributed by atoms with E-state index in [2.05, 4.69) is 0 Å². The van der Waals surface area contributed by atoms with Crippen LogP contribution in [0.3, 0.4) is 0 Å². The van der Waals surface area contributed by atoms with Crippen LogP contribution in [0.25, 0.3) is 0 Å².